The number of fused-ring (bicyclic) bond motifs is 6. The number of rotatable bonds is 0. The van der Waals surface area contributed by atoms with E-state index in [1.165, 1.54) is 17.4 Å². The molecule has 0 fully saturated rings. The summed E-state index contributed by atoms with van der Waals surface area (Å²) in [5.41, 5.74) is 3.47. The third kappa shape index (κ3) is 5.60. The topological polar surface area (TPSA) is 74.5 Å². The number of nitrogens with zero attached hydrogens (tertiary/aromatic N) is 2. The van der Waals surface area contributed by atoms with Crippen LogP contribution in [0.15, 0.2) is 59.4 Å². The summed E-state index contributed by atoms with van der Waals surface area (Å²) in [6, 6.07) is 9.80. The van der Waals surface area contributed by atoms with E-state index in [4.69, 9.17) is 13.9 Å². The monoisotopic (exact) mass is 418 g/mol. The summed E-state index contributed by atoms with van der Waals surface area (Å²) in [5.74, 6) is 1.77. The molecule has 4 rings (SSSR count). The first-order valence-electron chi connectivity index (χ1n) is 10.6. The maximum Gasteiger partial charge on any atom is 0.226 e. The van der Waals surface area contributed by atoms with Crippen LogP contribution in [-0.4, -0.2) is 29.0 Å². The molecule has 0 aliphatic carbocycles. The van der Waals surface area contributed by atoms with Crippen molar-refractivity contribution in [2.24, 2.45) is 0 Å². The second kappa shape index (κ2) is 10.1. The largest absolute Gasteiger partial charge is 0.493 e. The minimum absolute atomic E-state index is 0.0132. The van der Waals surface area contributed by atoms with Crippen LogP contribution in [0.3, 0.4) is 0 Å². The molecule has 3 heterocycles. The van der Waals surface area contributed by atoms with Crippen LogP contribution in [0.1, 0.15) is 47.3 Å². The Labute approximate surface area is 181 Å². The fourth-order valence-corrected chi connectivity index (χ4v) is 3.49. The Morgan fingerprint density at radius 2 is 1.90 bits per heavy atom. The Kier molecular flexibility index (Phi) is 6.77. The van der Waals surface area contributed by atoms with Gasteiger partial charge >= 0.3 is 0 Å². The highest BCUT2D eigenvalue weighted by molar-refractivity contribution is 5.94. The molecule has 160 valence electrons. The van der Waals surface area contributed by atoms with Crippen molar-refractivity contribution in [2.45, 2.75) is 39.0 Å². The molecule has 2 aromatic heterocycles. The van der Waals surface area contributed by atoms with E-state index in [-0.39, 0.29) is 5.78 Å². The molecule has 6 nitrogen and oxygen atoms in total. The van der Waals surface area contributed by atoms with Crippen molar-refractivity contribution in [3.63, 3.8) is 0 Å². The molecule has 4 bridgehead atoms. The zero-order valence-electron chi connectivity index (χ0n) is 17.7. The molecule has 0 spiro atoms. The van der Waals surface area contributed by atoms with Crippen LogP contribution in [-0.2, 0) is 6.42 Å². The molecule has 3 aromatic rings. The summed E-state index contributed by atoms with van der Waals surface area (Å²) < 4.78 is 17.2. The van der Waals surface area contributed by atoms with E-state index < -0.39 is 0 Å². The number of carbonyl (C=O) groups is 1. The average Bonchev–Trinajstić information content (AvgIpc) is 3.27. The molecular weight excluding hydrogens is 392 g/mol. The number of hydrogen-bond acceptors (Lipinski definition) is 6. The van der Waals surface area contributed by atoms with E-state index in [0.29, 0.717) is 37.1 Å². The highest BCUT2D eigenvalue weighted by atomic mass is 16.5. The first-order chi connectivity index (χ1) is 15.2. The number of carbonyl (C=O) groups excluding carboxylic acids is 1. The van der Waals surface area contributed by atoms with Gasteiger partial charge < -0.3 is 13.9 Å². The van der Waals surface area contributed by atoms with Crippen LogP contribution in [0.5, 0.6) is 11.6 Å². The number of Topliss-reactive ketones (excluding diaryl/α,β-unsaturated/α-hetero) is 1. The Morgan fingerprint density at radius 3 is 2.84 bits per heavy atom. The summed E-state index contributed by atoms with van der Waals surface area (Å²) in [5, 5.41) is 0. The lowest BCUT2D eigenvalue weighted by atomic mass is 10.0. The standard InChI is InChI=1S/C25H26N2O4/c1-18-9-10-23-19(15-18)7-3-4-8-22(28)21-17-31-25(27-21)20-11-12-26-24(16-20)30-14-6-2-5-13-29-23/h2,6,9-12,15-17H,3-5,7-8,13-14H2,1H3. The van der Waals surface area contributed by atoms with Crippen LogP contribution in [0.2, 0.25) is 0 Å². The van der Waals surface area contributed by atoms with Gasteiger partial charge in [0.25, 0.3) is 0 Å². The van der Waals surface area contributed by atoms with Gasteiger partial charge in [0.2, 0.25) is 11.8 Å². The summed E-state index contributed by atoms with van der Waals surface area (Å²) in [7, 11) is 0. The summed E-state index contributed by atoms with van der Waals surface area (Å²) in [6.45, 7) is 3.09. The van der Waals surface area contributed by atoms with Crippen molar-refractivity contribution < 1.29 is 18.7 Å². The van der Waals surface area contributed by atoms with Crippen LogP contribution < -0.4 is 9.47 Å². The van der Waals surface area contributed by atoms with Gasteiger partial charge in [-0.25, -0.2) is 9.97 Å². The summed E-state index contributed by atoms with van der Waals surface area (Å²) in [6.07, 6.45) is 10.8. The molecule has 1 aromatic carbocycles. The number of benzene rings is 1. The first kappa shape index (κ1) is 20.8. The molecule has 0 atom stereocenters. The normalized spacial score (nSPS) is 15.5. The fraction of sp³-hybridized carbons (Fsp3) is 0.320. The predicted octanol–water partition coefficient (Wildman–Crippen LogP) is 5.36. The first-order valence-corrected chi connectivity index (χ1v) is 10.6. The third-order valence-electron chi connectivity index (χ3n) is 5.12. The number of aromatic nitrogens is 2. The summed E-state index contributed by atoms with van der Waals surface area (Å²) in [4.78, 5) is 21.1. The number of pyridine rings is 1. The number of oxazole rings is 1. The lowest BCUT2D eigenvalue weighted by Gasteiger charge is -2.12. The highest BCUT2D eigenvalue weighted by Crippen LogP contribution is 2.24. The van der Waals surface area contributed by atoms with E-state index in [1.807, 2.05) is 18.2 Å². The van der Waals surface area contributed by atoms with Gasteiger partial charge in [-0.05, 0) is 50.3 Å². The number of hydrogen-bond donors (Lipinski definition) is 0. The third-order valence-corrected chi connectivity index (χ3v) is 5.12. The van der Waals surface area contributed by atoms with Gasteiger partial charge in [-0.2, -0.15) is 0 Å². The van der Waals surface area contributed by atoms with Crippen molar-refractivity contribution in [3.8, 4) is 23.1 Å². The van der Waals surface area contributed by atoms with Crippen molar-refractivity contribution in [2.75, 3.05) is 13.2 Å². The molecule has 6 heteroatoms. The Bertz CT molecular complexity index is 1070. The minimum Gasteiger partial charge on any atom is -0.493 e. The summed E-state index contributed by atoms with van der Waals surface area (Å²) >= 11 is 0. The second-order valence-electron chi connectivity index (χ2n) is 7.58. The van der Waals surface area contributed by atoms with E-state index in [1.54, 1.807) is 18.3 Å². The molecule has 1 aliphatic rings. The molecule has 0 unspecified atom stereocenters. The van der Waals surface area contributed by atoms with Gasteiger partial charge in [-0.1, -0.05) is 29.8 Å². The molecule has 1 aliphatic heterocycles. The molecule has 0 saturated heterocycles. The van der Waals surface area contributed by atoms with Crippen molar-refractivity contribution >= 4 is 5.78 Å². The van der Waals surface area contributed by atoms with Gasteiger partial charge in [-0.3, -0.25) is 4.79 Å². The van der Waals surface area contributed by atoms with E-state index >= 15 is 0 Å². The fourth-order valence-electron chi connectivity index (χ4n) is 3.49. The smallest absolute Gasteiger partial charge is 0.226 e. The van der Waals surface area contributed by atoms with Crippen molar-refractivity contribution in [3.05, 3.63) is 71.8 Å². The van der Waals surface area contributed by atoms with E-state index in [9.17, 15) is 4.79 Å². The zero-order chi connectivity index (χ0) is 21.5. The van der Waals surface area contributed by atoms with Crippen LogP contribution >= 0.6 is 0 Å². The SMILES string of the molecule is Cc1ccc2c(c1)CCCCC(=O)c1coc(n1)-c1ccnc(c1)OCC=CCCO2. The molecule has 0 N–H and O–H groups in total. The highest BCUT2D eigenvalue weighted by Gasteiger charge is 2.14. The second-order valence-corrected chi connectivity index (χ2v) is 7.58. The van der Waals surface area contributed by atoms with Gasteiger partial charge in [0.05, 0.1) is 6.61 Å². The van der Waals surface area contributed by atoms with Crippen molar-refractivity contribution in [1.82, 2.24) is 9.97 Å². The minimum atomic E-state index is -0.0132. The maximum absolute atomic E-state index is 12.5. The van der Waals surface area contributed by atoms with Gasteiger partial charge in [0.1, 0.15) is 24.3 Å². The van der Waals surface area contributed by atoms with Crippen LogP contribution in [0, 0.1) is 6.92 Å². The Hall–Kier alpha value is -3.41. The molecule has 31 heavy (non-hydrogen) atoms. The van der Waals surface area contributed by atoms with Gasteiger partial charge in [0, 0.05) is 24.2 Å². The lowest BCUT2D eigenvalue weighted by Crippen LogP contribution is -2.02. The van der Waals surface area contributed by atoms with Crippen LogP contribution in [0.25, 0.3) is 11.5 Å². The molecular formula is C25H26N2O4. The number of aryl methyl sites for hydroxylation is 2. The van der Waals surface area contributed by atoms with Gasteiger partial charge in [-0.15, -0.1) is 0 Å². The molecule has 0 saturated carbocycles. The number of ketones is 1. The average molecular weight is 418 g/mol. The zero-order valence-corrected chi connectivity index (χ0v) is 17.7. The van der Waals surface area contributed by atoms with Gasteiger partial charge in [0.15, 0.2) is 5.78 Å². The Balaban J connectivity index is 1.52. The molecule has 0 amide bonds. The van der Waals surface area contributed by atoms with Crippen molar-refractivity contribution in [1.29, 1.82) is 0 Å². The number of ether oxygens (including phenoxy) is 2. The Morgan fingerprint density at radius 1 is 1.00 bits per heavy atom. The lowest BCUT2D eigenvalue weighted by molar-refractivity contribution is 0.0974. The van der Waals surface area contributed by atoms with Crippen LogP contribution in [0.4, 0.5) is 0 Å². The predicted molar refractivity (Wildman–Crippen MR) is 118 cm³/mol. The quantitative estimate of drug-likeness (QED) is 0.458. The molecule has 0 radical (unpaired) electrons. The van der Waals surface area contributed by atoms with E-state index in [0.717, 1.165) is 37.0 Å². The maximum atomic E-state index is 12.5. The van der Waals surface area contributed by atoms with E-state index in [2.05, 4.69) is 29.0 Å².